The van der Waals surface area contributed by atoms with Crippen LogP contribution in [-0.2, 0) is 14.8 Å². The van der Waals surface area contributed by atoms with Crippen LogP contribution >= 0.6 is 0 Å². The minimum absolute atomic E-state index is 0.0395. The lowest BCUT2D eigenvalue weighted by atomic mass is 9.53. The van der Waals surface area contributed by atoms with Crippen molar-refractivity contribution in [3.8, 4) is 0 Å². The van der Waals surface area contributed by atoms with Crippen molar-refractivity contribution in [2.75, 3.05) is 13.1 Å². The fourth-order valence-corrected chi connectivity index (χ4v) is 8.62. The lowest BCUT2D eigenvalue weighted by Crippen LogP contribution is -2.60. The molecule has 4 bridgehead atoms. The molecule has 0 spiro atoms. The Morgan fingerprint density at radius 1 is 1.14 bits per heavy atom. The molecule has 29 heavy (non-hydrogen) atoms. The summed E-state index contributed by atoms with van der Waals surface area (Å²) in [4.78, 5) is 13.2. The molecule has 1 saturated heterocycles. The quantitative estimate of drug-likeness (QED) is 0.799. The van der Waals surface area contributed by atoms with Gasteiger partial charge in [0, 0.05) is 25.0 Å². The average Bonchev–Trinajstić information content (AvgIpc) is 3.09. The number of nitrogens with zero attached hydrogens (tertiary/aromatic N) is 1. The molecule has 0 radical (unpaired) electrons. The second-order valence-electron chi connectivity index (χ2n) is 10.3. The van der Waals surface area contributed by atoms with Gasteiger partial charge >= 0.3 is 0 Å². The zero-order valence-corrected chi connectivity index (χ0v) is 18.1. The van der Waals surface area contributed by atoms with Gasteiger partial charge in [-0.15, -0.1) is 0 Å². The number of aryl methyl sites for hydroxylation is 1. The van der Waals surface area contributed by atoms with Gasteiger partial charge in [0.25, 0.3) is 0 Å². The first-order valence-corrected chi connectivity index (χ1v) is 12.6. The first-order chi connectivity index (χ1) is 13.8. The Bertz CT molecular complexity index is 875. The molecular formula is C23H32N2O3S. The molecule has 1 aromatic rings. The van der Waals surface area contributed by atoms with Gasteiger partial charge in [-0.2, -0.15) is 4.31 Å². The van der Waals surface area contributed by atoms with E-state index < -0.39 is 10.0 Å². The van der Waals surface area contributed by atoms with E-state index in [4.69, 9.17) is 0 Å². The molecule has 6 heteroatoms. The van der Waals surface area contributed by atoms with Gasteiger partial charge in [0.15, 0.2) is 0 Å². The zero-order chi connectivity index (χ0) is 20.2. The molecule has 158 valence electrons. The average molecular weight is 417 g/mol. The maximum atomic E-state index is 12.9. The zero-order valence-electron chi connectivity index (χ0n) is 17.3. The predicted octanol–water partition coefficient (Wildman–Crippen LogP) is 3.48. The number of sulfonamides is 1. The Balaban J connectivity index is 1.20. The molecule has 1 atom stereocenters. The maximum absolute atomic E-state index is 12.9. The number of carbonyl (C=O) groups excluding carboxylic acids is 1. The van der Waals surface area contributed by atoms with Crippen molar-refractivity contribution in [1.82, 2.24) is 9.62 Å². The Morgan fingerprint density at radius 3 is 2.41 bits per heavy atom. The Morgan fingerprint density at radius 2 is 1.79 bits per heavy atom. The Hall–Kier alpha value is -1.40. The van der Waals surface area contributed by atoms with Crippen LogP contribution in [0.25, 0.3) is 0 Å². The third-order valence-electron chi connectivity index (χ3n) is 7.79. The number of carbonyl (C=O) groups is 1. The number of benzene rings is 1. The molecular weight excluding hydrogens is 384 g/mol. The highest BCUT2D eigenvalue weighted by molar-refractivity contribution is 7.89. The van der Waals surface area contributed by atoms with E-state index in [0.717, 1.165) is 49.0 Å². The van der Waals surface area contributed by atoms with Gasteiger partial charge in [0.2, 0.25) is 15.9 Å². The van der Waals surface area contributed by atoms with Gasteiger partial charge in [-0.3, -0.25) is 4.79 Å². The second-order valence-corrected chi connectivity index (χ2v) is 12.2. The molecule has 1 N–H and O–H groups in total. The molecule has 1 amide bonds. The summed E-state index contributed by atoms with van der Waals surface area (Å²) in [5.74, 6) is 2.67. The van der Waals surface area contributed by atoms with E-state index in [2.05, 4.69) is 5.32 Å². The lowest BCUT2D eigenvalue weighted by Gasteiger charge is -2.57. The van der Waals surface area contributed by atoms with Gasteiger partial charge < -0.3 is 5.32 Å². The van der Waals surface area contributed by atoms with E-state index in [0.29, 0.717) is 24.4 Å². The third kappa shape index (κ3) is 3.74. The van der Waals surface area contributed by atoms with Crippen molar-refractivity contribution in [1.29, 1.82) is 0 Å². The van der Waals surface area contributed by atoms with Crippen LogP contribution in [0.3, 0.4) is 0 Å². The molecule has 1 aromatic carbocycles. The van der Waals surface area contributed by atoms with Gasteiger partial charge in [0.1, 0.15) is 0 Å². The van der Waals surface area contributed by atoms with E-state index in [1.807, 2.05) is 13.0 Å². The van der Waals surface area contributed by atoms with E-state index in [1.165, 1.54) is 19.3 Å². The number of hydrogen-bond acceptors (Lipinski definition) is 3. The molecule has 4 saturated carbocycles. The summed E-state index contributed by atoms with van der Waals surface area (Å²) in [7, 11) is -3.47. The number of hydrogen-bond donors (Lipinski definition) is 1. The highest BCUT2D eigenvalue weighted by Gasteiger charge is 2.51. The van der Waals surface area contributed by atoms with Gasteiger partial charge in [0.05, 0.1) is 4.90 Å². The fourth-order valence-electron chi connectivity index (χ4n) is 6.98. The van der Waals surface area contributed by atoms with Gasteiger partial charge in [-0.1, -0.05) is 12.1 Å². The summed E-state index contributed by atoms with van der Waals surface area (Å²) in [6, 6.07) is 7.08. The molecule has 0 aromatic heterocycles. The number of nitrogens with one attached hydrogen (secondary N) is 1. The monoisotopic (exact) mass is 416 g/mol. The van der Waals surface area contributed by atoms with Crippen molar-refractivity contribution in [3.63, 3.8) is 0 Å². The SMILES string of the molecule is Cc1cccc(S(=O)(=O)N2CCC(CC(=O)NC34CC5CC(CC(C5)C3)C4)C2)c1. The standard InChI is InChI=1S/C23H32N2O3S/c1-16-3-2-4-21(7-16)29(27,28)25-6-5-17(15-25)11-22(26)24-23-12-18-8-19(13-23)10-20(9-18)14-23/h2-4,7,17-20H,5-6,8-15H2,1H3,(H,24,26). The predicted molar refractivity (Wildman–Crippen MR) is 112 cm³/mol. The molecule has 6 rings (SSSR count). The fraction of sp³-hybridized carbons (Fsp3) is 0.696. The van der Waals surface area contributed by atoms with Crippen molar-refractivity contribution >= 4 is 15.9 Å². The number of rotatable bonds is 5. The van der Waals surface area contributed by atoms with Crippen LogP contribution < -0.4 is 5.32 Å². The first-order valence-electron chi connectivity index (χ1n) is 11.2. The molecule has 5 nitrogen and oxygen atoms in total. The summed E-state index contributed by atoms with van der Waals surface area (Å²) in [5, 5.41) is 3.44. The molecule has 1 aliphatic heterocycles. The summed E-state index contributed by atoms with van der Waals surface area (Å²) >= 11 is 0. The highest BCUT2D eigenvalue weighted by Crippen LogP contribution is 2.55. The summed E-state index contributed by atoms with van der Waals surface area (Å²) < 4.78 is 27.4. The molecule has 5 fully saturated rings. The smallest absolute Gasteiger partial charge is 0.243 e. The summed E-state index contributed by atoms with van der Waals surface area (Å²) in [5.41, 5.74) is 0.981. The molecule has 1 heterocycles. The number of amides is 1. The van der Waals surface area contributed by atoms with E-state index in [9.17, 15) is 13.2 Å². The third-order valence-corrected chi connectivity index (χ3v) is 9.65. The Labute approximate surface area is 174 Å². The molecule has 4 aliphatic carbocycles. The molecule has 5 aliphatic rings. The van der Waals surface area contributed by atoms with Crippen molar-refractivity contribution in [2.45, 2.75) is 68.7 Å². The lowest BCUT2D eigenvalue weighted by molar-refractivity contribution is -0.127. The largest absolute Gasteiger partial charge is 0.351 e. The summed E-state index contributed by atoms with van der Waals surface area (Å²) in [6.07, 6.45) is 8.77. The first kappa shape index (κ1) is 19.6. The second kappa shape index (κ2) is 7.09. The van der Waals surface area contributed by atoms with Gasteiger partial charge in [-0.25, -0.2) is 8.42 Å². The van der Waals surface area contributed by atoms with Crippen molar-refractivity contribution < 1.29 is 13.2 Å². The van der Waals surface area contributed by atoms with Crippen LogP contribution in [0.4, 0.5) is 0 Å². The minimum atomic E-state index is -3.47. The van der Waals surface area contributed by atoms with Crippen LogP contribution in [0.15, 0.2) is 29.2 Å². The van der Waals surface area contributed by atoms with Gasteiger partial charge in [-0.05, 0) is 93.2 Å². The topological polar surface area (TPSA) is 66.5 Å². The van der Waals surface area contributed by atoms with E-state index in [-0.39, 0.29) is 17.4 Å². The van der Waals surface area contributed by atoms with Crippen LogP contribution in [-0.4, -0.2) is 37.3 Å². The van der Waals surface area contributed by atoms with Crippen LogP contribution in [0.1, 0.15) is 56.9 Å². The van der Waals surface area contributed by atoms with Crippen LogP contribution in [0.2, 0.25) is 0 Å². The normalized spacial score (nSPS) is 36.4. The van der Waals surface area contributed by atoms with E-state index in [1.54, 1.807) is 22.5 Å². The van der Waals surface area contributed by atoms with Crippen LogP contribution in [0.5, 0.6) is 0 Å². The van der Waals surface area contributed by atoms with Crippen LogP contribution in [0, 0.1) is 30.6 Å². The minimum Gasteiger partial charge on any atom is -0.351 e. The van der Waals surface area contributed by atoms with Crippen molar-refractivity contribution in [3.05, 3.63) is 29.8 Å². The maximum Gasteiger partial charge on any atom is 0.243 e. The molecule has 1 unspecified atom stereocenters. The summed E-state index contributed by atoms with van der Waals surface area (Å²) in [6.45, 7) is 2.86. The Kier molecular flexibility index (Phi) is 4.78. The highest BCUT2D eigenvalue weighted by atomic mass is 32.2. The van der Waals surface area contributed by atoms with E-state index >= 15 is 0 Å². The van der Waals surface area contributed by atoms with Crippen molar-refractivity contribution in [2.24, 2.45) is 23.7 Å².